The standard InChI is InChI=1S/C15H15NO2/c1-15(2)13(16-14(17)18-15)12-9-5-7-10-6-3-4-8-11(10)12/h3-9,13H,1-2H3,(H,16,17)/t13-/m1/s1. The van der Waals surface area contributed by atoms with Gasteiger partial charge in [0.2, 0.25) is 0 Å². The molecule has 0 unspecified atom stereocenters. The van der Waals surface area contributed by atoms with Gasteiger partial charge >= 0.3 is 6.09 Å². The van der Waals surface area contributed by atoms with Crippen molar-refractivity contribution in [2.24, 2.45) is 0 Å². The number of fused-ring (bicyclic) bond motifs is 1. The molecule has 0 radical (unpaired) electrons. The molecule has 1 fully saturated rings. The van der Waals surface area contributed by atoms with Crippen LogP contribution in [0.1, 0.15) is 25.5 Å². The summed E-state index contributed by atoms with van der Waals surface area (Å²) in [6.45, 7) is 3.86. The molecule has 18 heavy (non-hydrogen) atoms. The number of alkyl carbamates (subject to hydrolysis) is 1. The van der Waals surface area contributed by atoms with Gasteiger partial charge in [0.1, 0.15) is 5.60 Å². The van der Waals surface area contributed by atoms with Crippen LogP contribution >= 0.6 is 0 Å². The number of ether oxygens (including phenoxy) is 1. The van der Waals surface area contributed by atoms with Crippen LogP contribution in [0.15, 0.2) is 42.5 Å². The molecule has 0 aliphatic carbocycles. The minimum atomic E-state index is -0.527. The van der Waals surface area contributed by atoms with Crippen molar-refractivity contribution in [3.63, 3.8) is 0 Å². The Balaban J connectivity index is 2.18. The second-order valence-electron chi connectivity index (χ2n) is 5.14. The van der Waals surface area contributed by atoms with Crippen LogP contribution in [0.3, 0.4) is 0 Å². The summed E-state index contributed by atoms with van der Waals surface area (Å²) >= 11 is 0. The highest BCUT2D eigenvalue weighted by Gasteiger charge is 2.42. The zero-order valence-electron chi connectivity index (χ0n) is 10.4. The topological polar surface area (TPSA) is 38.3 Å². The summed E-state index contributed by atoms with van der Waals surface area (Å²) in [5.74, 6) is 0. The summed E-state index contributed by atoms with van der Waals surface area (Å²) < 4.78 is 5.31. The third-order valence-corrected chi connectivity index (χ3v) is 3.45. The first-order chi connectivity index (χ1) is 8.58. The SMILES string of the molecule is CC1(C)OC(=O)N[C@@H]1c1cccc2ccccc12. The van der Waals surface area contributed by atoms with Gasteiger partial charge in [-0.2, -0.15) is 0 Å². The maximum absolute atomic E-state index is 11.4. The van der Waals surface area contributed by atoms with Crippen molar-refractivity contribution in [2.45, 2.75) is 25.5 Å². The first kappa shape index (κ1) is 11.1. The van der Waals surface area contributed by atoms with Crippen molar-refractivity contribution in [1.29, 1.82) is 0 Å². The normalized spacial score (nSPS) is 21.7. The average Bonchev–Trinajstić information content (AvgIpc) is 2.61. The molecule has 1 aliphatic rings. The monoisotopic (exact) mass is 241 g/mol. The first-order valence-corrected chi connectivity index (χ1v) is 6.05. The van der Waals surface area contributed by atoms with Crippen molar-refractivity contribution in [3.8, 4) is 0 Å². The van der Waals surface area contributed by atoms with E-state index in [0.717, 1.165) is 10.9 Å². The fourth-order valence-corrected chi connectivity index (χ4v) is 2.57. The second-order valence-corrected chi connectivity index (χ2v) is 5.14. The highest BCUT2D eigenvalue weighted by atomic mass is 16.6. The van der Waals surface area contributed by atoms with Crippen molar-refractivity contribution in [3.05, 3.63) is 48.0 Å². The van der Waals surface area contributed by atoms with Crippen LogP contribution in [-0.4, -0.2) is 11.7 Å². The lowest BCUT2D eigenvalue weighted by molar-refractivity contribution is 0.0686. The maximum Gasteiger partial charge on any atom is 0.408 e. The summed E-state index contributed by atoms with van der Waals surface area (Å²) in [5, 5.41) is 5.22. The summed E-state index contributed by atoms with van der Waals surface area (Å²) in [4.78, 5) is 11.4. The largest absolute Gasteiger partial charge is 0.441 e. The molecule has 0 aromatic heterocycles. The van der Waals surface area contributed by atoms with Gasteiger partial charge in [-0.3, -0.25) is 0 Å². The van der Waals surface area contributed by atoms with E-state index >= 15 is 0 Å². The molecule has 1 N–H and O–H groups in total. The Bertz CT molecular complexity index is 613. The highest BCUT2D eigenvalue weighted by Crippen LogP contribution is 2.36. The van der Waals surface area contributed by atoms with Crippen LogP contribution in [0.25, 0.3) is 10.8 Å². The van der Waals surface area contributed by atoms with Crippen LogP contribution in [-0.2, 0) is 4.74 Å². The molecule has 1 heterocycles. The van der Waals surface area contributed by atoms with Crippen molar-refractivity contribution < 1.29 is 9.53 Å². The van der Waals surface area contributed by atoms with E-state index in [-0.39, 0.29) is 12.1 Å². The quantitative estimate of drug-likeness (QED) is 0.831. The molecule has 1 atom stereocenters. The lowest BCUT2D eigenvalue weighted by atomic mass is 9.89. The summed E-state index contributed by atoms with van der Waals surface area (Å²) in [6, 6.07) is 14.2. The van der Waals surface area contributed by atoms with Crippen molar-refractivity contribution >= 4 is 16.9 Å². The highest BCUT2D eigenvalue weighted by molar-refractivity contribution is 5.87. The molecule has 0 saturated carbocycles. The van der Waals surface area contributed by atoms with Gasteiger partial charge in [-0.25, -0.2) is 4.79 Å². The zero-order chi connectivity index (χ0) is 12.8. The fourth-order valence-electron chi connectivity index (χ4n) is 2.57. The van der Waals surface area contributed by atoms with Gasteiger partial charge < -0.3 is 10.1 Å². The Hall–Kier alpha value is -2.03. The third-order valence-electron chi connectivity index (χ3n) is 3.45. The predicted molar refractivity (Wildman–Crippen MR) is 70.4 cm³/mol. The van der Waals surface area contributed by atoms with E-state index in [2.05, 4.69) is 23.5 Å². The van der Waals surface area contributed by atoms with Gasteiger partial charge in [0.05, 0.1) is 6.04 Å². The van der Waals surface area contributed by atoms with E-state index in [1.54, 1.807) is 0 Å². The molecule has 0 bridgehead atoms. The molecular weight excluding hydrogens is 226 g/mol. The van der Waals surface area contributed by atoms with Crippen LogP contribution in [0.5, 0.6) is 0 Å². The molecule has 92 valence electrons. The molecule has 3 heteroatoms. The number of hydrogen-bond acceptors (Lipinski definition) is 2. The Labute approximate surface area is 106 Å². The van der Waals surface area contributed by atoms with Crippen LogP contribution < -0.4 is 5.32 Å². The number of amides is 1. The van der Waals surface area contributed by atoms with Gasteiger partial charge in [0, 0.05) is 0 Å². The zero-order valence-corrected chi connectivity index (χ0v) is 10.4. The lowest BCUT2D eigenvalue weighted by Crippen LogP contribution is -2.30. The van der Waals surface area contributed by atoms with E-state index in [1.807, 2.05) is 38.1 Å². The summed E-state index contributed by atoms with van der Waals surface area (Å²) in [6.07, 6.45) is -0.349. The third kappa shape index (κ3) is 1.63. The van der Waals surface area contributed by atoms with Gasteiger partial charge in [-0.05, 0) is 30.2 Å². The summed E-state index contributed by atoms with van der Waals surface area (Å²) in [7, 11) is 0. The molecule has 3 nitrogen and oxygen atoms in total. The van der Waals surface area contributed by atoms with Crippen molar-refractivity contribution in [2.75, 3.05) is 0 Å². The van der Waals surface area contributed by atoms with E-state index in [4.69, 9.17) is 4.74 Å². The molecule has 2 aromatic carbocycles. The minimum Gasteiger partial charge on any atom is -0.441 e. The molecule has 1 saturated heterocycles. The molecule has 0 spiro atoms. The van der Waals surface area contributed by atoms with E-state index in [0.29, 0.717) is 0 Å². The van der Waals surface area contributed by atoms with Gasteiger partial charge in [-0.1, -0.05) is 42.5 Å². The van der Waals surface area contributed by atoms with Crippen molar-refractivity contribution in [1.82, 2.24) is 5.32 Å². The number of rotatable bonds is 1. The number of benzene rings is 2. The molecule has 1 amide bonds. The number of hydrogen-bond donors (Lipinski definition) is 1. The average molecular weight is 241 g/mol. The van der Waals surface area contributed by atoms with Gasteiger partial charge in [-0.15, -0.1) is 0 Å². The maximum atomic E-state index is 11.4. The Morgan fingerprint density at radius 3 is 2.56 bits per heavy atom. The van der Waals surface area contributed by atoms with Gasteiger partial charge in [0.25, 0.3) is 0 Å². The van der Waals surface area contributed by atoms with Gasteiger partial charge in [0.15, 0.2) is 0 Å². The number of carbonyl (C=O) groups is 1. The van der Waals surface area contributed by atoms with E-state index in [1.165, 1.54) is 5.39 Å². The number of nitrogens with one attached hydrogen (secondary N) is 1. The number of carbonyl (C=O) groups excluding carboxylic acids is 1. The molecule has 2 aromatic rings. The summed E-state index contributed by atoms with van der Waals surface area (Å²) in [5.41, 5.74) is 0.574. The van der Waals surface area contributed by atoms with E-state index < -0.39 is 5.60 Å². The molecule has 1 aliphatic heterocycles. The van der Waals surface area contributed by atoms with Crippen LogP contribution in [0.2, 0.25) is 0 Å². The van der Waals surface area contributed by atoms with E-state index in [9.17, 15) is 4.79 Å². The Morgan fingerprint density at radius 1 is 1.11 bits per heavy atom. The Morgan fingerprint density at radius 2 is 1.83 bits per heavy atom. The lowest BCUT2D eigenvalue weighted by Gasteiger charge is -2.24. The van der Waals surface area contributed by atoms with Crippen LogP contribution in [0, 0.1) is 0 Å². The van der Waals surface area contributed by atoms with Crippen LogP contribution in [0.4, 0.5) is 4.79 Å². The minimum absolute atomic E-state index is 0.115. The number of cyclic esters (lactones) is 1. The predicted octanol–water partition coefficient (Wildman–Crippen LogP) is 3.40. The second kappa shape index (κ2) is 3.73. The first-order valence-electron chi connectivity index (χ1n) is 6.05. The Kier molecular flexibility index (Phi) is 2.30. The smallest absolute Gasteiger partial charge is 0.408 e. The fraction of sp³-hybridized carbons (Fsp3) is 0.267. The molecular formula is C15H15NO2. The molecule has 3 rings (SSSR count).